The summed E-state index contributed by atoms with van der Waals surface area (Å²) in [6.07, 6.45) is 3.67. The molecule has 11 heavy (non-hydrogen) atoms. The molecule has 0 aromatic rings. The molecule has 1 aliphatic heterocycles. The lowest BCUT2D eigenvalue weighted by Crippen LogP contribution is -2.31. The van der Waals surface area contributed by atoms with Gasteiger partial charge in [-0.2, -0.15) is 0 Å². The highest BCUT2D eigenvalue weighted by atomic mass is 32.9. The molecule has 1 saturated heterocycles. The van der Waals surface area contributed by atoms with Gasteiger partial charge in [0.1, 0.15) is 5.54 Å². The number of nitrogens with two attached hydrogens (primary N) is 2. The fraction of sp³-hybridized carbons (Fsp3) is 1.00. The second-order valence-corrected chi connectivity index (χ2v) is 9.71. The number of piperidine rings is 1. The van der Waals surface area contributed by atoms with Crippen molar-refractivity contribution in [3.05, 3.63) is 0 Å². The topological polar surface area (TPSA) is 64.1 Å². The monoisotopic (exact) mass is 211 g/mol. The van der Waals surface area contributed by atoms with Gasteiger partial charge in [0.15, 0.2) is 0 Å². The number of nitrogens with one attached hydrogen (secondary N) is 1. The van der Waals surface area contributed by atoms with Gasteiger partial charge in [0.05, 0.1) is 5.37 Å². The van der Waals surface area contributed by atoms with Crippen LogP contribution in [0.2, 0.25) is 0 Å². The molecular weight excluding hydrogens is 197 g/mol. The maximum atomic E-state index is 5.59. The molecule has 0 amide bonds. The second-order valence-electron chi connectivity index (χ2n) is 2.69. The molecule has 0 spiro atoms. The Morgan fingerprint density at radius 1 is 1.45 bits per heavy atom. The molecule has 0 bridgehead atoms. The van der Waals surface area contributed by atoms with E-state index in [-0.39, 0.29) is 0 Å². The van der Waals surface area contributed by atoms with Crippen LogP contribution in [-0.2, 0) is 11.8 Å². The Morgan fingerprint density at radius 3 is 2.64 bits per heavy atom. The van der Waals surface area contributed by atoms with E-state index < -0.39 is 5.54 Å². The van der Waals surface area contributed by atoms with Crippen molar-refractivity contribution in [2.45, 2.75) is 24.6 Å². The van der Waals surface area contributed by atoms with E-state index in [4.69, 9.17) is 22.8 Å². The summed E-state index contributed by atoms with van der Waals surface area (Å²) in [6.45, 7) is 1.08. The van der Waals surface area contributed by atoms with Crippen molar-refractivity contribution >= 4 is 28.7 Å². The third-order valence-corrected chi connectivity index (χ3v) is 5.07. The quantitative estimate of drug-likeness (QED) is 0.594. The van der Waals surface area contributed by atoms with Crippen molar-refractivity contribution in [2.24, 2.45) is 11.0 Å². The maximum Gasteiger partial charge on any atom is 0.123 e. The smallest absolute Gasteiger partial charge is 0.123 e. The van der Waals surface area contributed by atoms with Crippen LogP contribution in [0.3, 0.4) is 0 Å². The Bertz CT molecular complexity index is 163. The van der Waals surface area contributed by atoms with Gasteiger partial charge < -0.3 is 5.32 Å². The molecular formula is C5H14N3PS2. The van der Waals surface area contributed by atoms with Crippen LogP contribution in [0.15, 0.2) is 0 Å². The van der Waals surface area contributed by atoms with Gasteiger partial charge in [0, 0.05) is 0 Å². The van der Waals surface area contributed by atoms with Crippen LogP contribution >= 0.6 is 16.9 Å². The minimum Gasteiger partial charge on any atom is -0.305 e. The Balaban J connectivity index is 2.30. The zero-order valence-electron chi connectivity index (χ0n) is 6.32. The minimum atomic E-state index is -2.05. The Morgan fingerprint density at radius 2 is 2.18 bits per heavy atom. The SMILES string of the molecule is NP(N)(=S)SC1CCCCN1. The lowest BCUT2D eigenvalue weighted by atomic mass is 10.2. The maximum absolute atomic E-state index is 5.59. The van der Waals surface area contributed by atoms with E-state index in [2.05, 4.69) is 5.32 Å². The lowest BCUT2D eigenvalue weighted by Gasteiger charge is -2.25. The van der Waals surface area contributed by atoms with Crippen LogP contribution in [-0.4, -0.2) is 11.9 Å². The molecule has 0 aromatic carbocycles. The molecule has 0 radical (unpaired) electrons. The van der Waals surface area contributed by atoms with Gasteiger partial charge in [-0.25, -0.2) is 0 Å². The third-order valence-electron chi connectivity index (χ3n) is 1.56. The van der Waals surface area contributed by atoms with Crippen LogP contribution in [0.5, 0.6) is 0 Å². The van der Waals surface area contributed by atoms with E-state index in [1.54, 1.807) is 11.4 Å². The molecule has 0 aromatic heterocycles. The highest BCUT2D eigenvalue weighted by Gasteiger charge is 2.17. The molecule has 6 heteroatoms. The molecule has 5 N–H and O–H groups in total. The van der Waals surface area contributed by atoms with Crippen molar-refractivity contribution in [2.75, 3.05) is 6.54 Å². The van der Waals surface area contributed by atoms with E-state index >= 15 is 0 Å². The fourth-order valence-corrected chi connectivity index (χ4v) is 4.64. The zero-order valence-corrected chi connectivity index (χ0v) is 8.85. The first-order chi connectivity index (χ1) is 5.08. The summed E-state index contributed by atoms with van der Waals surface area (Å²) < 4.78 is 0. The summed E-state index contributed by atoms with van der Waals surface area (Å²) in [6, 6.07) is 0. The van der Waals surface area contributed by atoms with Gasteiger partial charge in [-0.05, 0) is 25.8 Å². The molecule has 1 fully saturated rings. The third kappa shape index (κ3) is 4.45. The Hall–Kier alpha value is 0.880. The van der Waals surface area contributed by atoms with Gasteiger partial charge in [0.2, 0.25) is 0 Å². The summed E-state index contributed by atoms with van der Waals surface area (Å²) in [5, 5.41) is 3.75. The van der Waals surface area contributed by atoms with Gasteiger partial charge in [0.25, 0.3) is 0 Å². The standard InChI is InChI=1S/C5H14N3PS2/c6-9(7,10)11-5-3-1-2-4-8-5/h5,8H,1-4H2,(H4,6,7,10). The summed E-state index contributed by atoms with van der Waals surface area (Å²) >= 11 is 6.50. The van der Waals surface area contributed by atoms with Crippen molar-refractivity contribution in [3.8, 4) is 0 Å². The Labute approximate surface area is 76.5 Å². The van der Waals surface area contributed by atoms with Gasteiger partial charge in [-0.15, -0.1) is 0 Å². The molecule has 1 heterocycles. The van der Waals surface area contributed by atoms with Gasteiger partial charge in [-0.1, -0.05) is 23.2 Å². The van der Waals surface area contributed by atoms with Gasteiger partial charge in [-0.3, -0.25) is 11.0 Å². The molecule has 66 valence electrons. The van der Waals surface area contributed by atoms with E-state index in [0.717, 1.165) is 13.0 Å². The molecule has 1 aliphatic rings. The molecule has 1 atom stereocenters. The number of hydrogen-bond acceptors (Lipinski definition) is 3. The van der Waals surface area contributed by atoms with Gasteiger partial charge >= 0.3 is 0 Å². The molecule has 1 rings (SSSR count). The van der Waals surface area contributed by atoms with Crippen LogP contribution in [0, 0.1) is 0 Å². The van der Waals surface area contributed by atoms with E-state index in [1.165, 1.54) is 12.8 Å². The van der Waals surface area contributed by atoms with E-state index in [1.807, 2.05) is 0 Å². The van der Waals surface area contributed by atoms with E-state index in [9.17, 15) is 0 Å². The predicted molar refractivity (Wildman–Crippen MR) is 55.9 cm³/mol. The largest absolute Gasteiger partial charge is 0.305 e. The fourth-order valence-electron chi connectivity index (χ4n) is 1.11. The van der Waals surface area contributed by atoms with Crippen molar-refractivity contribution in [1.29, 1.82) is 0 Å². The molecule has 1 unspecified atom stereocenters. The number of hydrogen-bond donors (Lipinski definition) is 3. The van der Waals surface area contributed by atoms with Crippen LogP contribution < -0.4 is 16.3 Å². The summed E-state index contributed by atoms with van der Waals surface area (Å²) in [5.41, 5.74) is 9.14. The lowest BCUT2D eigenvalue weighted by molar-refractivity contribution is 0.493. The predicted octanol–water partition coefficient (Wildman–Crippen LogP) is 0.961. The summed E-state index contributed by atoms with van der Waals surface area (Å²) in [4.78, 5) is 0. The first-order valence-electron chi connectivity index (χ1n) is 3.67. The van der Waals surface area contributed by atoms with Crippen molar-refractivity contribution in [1.82, 2.24) is 5.32 Å². The summed E-state index contributed by atoms with van der Waals surface area (Å²) in [7, 11) is 0. The average Bonchev–Trinajstić information content (AvgIpc) is 1.85. The van der Waals surface area contributed by atoms with Crippen LogP contribution in [0.1, 0.15) is 19.3 Å². The van der Waals surface area contributed by atoms with Crippen molar-refractivity contribution < 1.29 is 0 Å². The second kappa shape index (κ2) is 4.21. The van der Waals surface area contributed by atoms with Crippen molar-refractivity contribution in [3.63, 3.8) is 0 Å². The Kier molecular flexibility index (Phi) is 3.81. The first-order valence-corrected chi connectivity index (χ1v) is 8.09. The van der Waals surface area contributed by atoms with Crippen LogP contribution in [0.4, 0.5) is 0 Å². The average molecular weight is 211 g/mol. The van der Waals surface area contributed by atoms with E-state index in [0.29, 0.717) is 5.37 Å². The molecule has 0 aliphatic carbocycles. The first kappa shape index (κ1) is 9.96. The molecule has 3 nitrogen and oxygen atoms in total. The summed E-state index contributed by atoms with van der Waals surface area (Å²) in [5.74, 6) is 0. The zero-order chi connectivity index (χ0) is 8.32. The number of rotatable bonds is 2. The highest BCUT2D eigenvalue weighted by Crippen LogP contribution is 2.46. The molecule has 0 saturated carbocycles. The van der Waals surface area contributed by atoms with Crippen LogP contribution in [0.25, 0.3) is 0 Å². The normalized spacial score (nSPS) is 26.9. The highest BCUT2D eigenvalue weighted by molar-refractivity contribution is 8.69. The minimum absolute atomic E-state index is 0.407.